The molecule has 32 heavy (non-hydrogen) atoms. The molecule has 0 aliphatic carbocycles. The molecule has 2 aromatic rings. The highest BCUT2D eigenvalue weighted by molar-refractivity contribution is 7.99. The summed E-state index contributed by atoms with van der Waals surface area (Å²) in [5.74, 6) is 2.37. The van der Waals surface area contributed by atoms with Crippen LogP contribution in [0.2, 0.25) is 5.02 Å². The van der Waals surface area contributed by atoms with Gasteiger partial charge in [-0.3, -0.25) is 19.4 Å². The summed E-state index contributed by atoms with van der Waals surface area (Å²) in [7, 11) is 0. The number of carbonyl (C=O) groups excluding carboxylic acids is 2. The fraction of sp³-hybridized carbons (Fsp3) is 0.417. The van der Waals surface area contributed by atoms with E-state index in [1.807, 2.05) is 28.8 Å². The van der Waals surface area contributed by atoms with Crippen molar-refractivity contribution in [2.24, 2.45) is 0 Å². The third kappa shape index (κ3) is 6.48. The van der Waals surface area contributed by atoms with Crippen molar-refractivity contribution in [1.29, 1.82) is 0 Å². The highest BCUT2D eigenvalue weighted by atomic mass is 35.5. The molecule has 0 radical (unpaired) electrons. The molecule has 0 aromatic heterocycles. The first-order valence-corrected chi connectivity index (χ1v) is 12.6. The fourth-order valence-corrected chi connectivity index (χ4v) is 5.16. The Morgan fingerprint density at radius 3 is 2.34 bits per heavy atom. The zero-order valence-corrected chi connectivity index (χ0v) is 19.7. The lowest BCUT2D eigenvalue weighted by molar-refractivity contribution is -0.117. The van der Waals surface area contributed by atoms with Crippen molar-refractivity contribution in [3.63, 3.8) is 0 Å². The van der Waals surface area contributed by atoms with Crippen LogP contribution in [0.15, 0.2) is 48.5 Å². The molecule has 6 nitrogen and oxygen atoms in total. The van der Waals surface area contributed by atoms with Crippen LogP contribution in [0.25, 0.3) is 0 Å². The summed E-state index contributed by atoms with van der Waals surface area (Å²) in [6, 6.07) is 15.1. The lowest BCUT2D eigenvalue weighted by Crippen LogP contribution is -2.50. The quantitative estimate of drug-likeness (QED) is 0.699. The Bertz CT molecular complexity index is 926. The SMILES string of the molecule is O=C(CN1CCN(C(=O)c2ccc(Cl)cc2)CC1)Nc1cccc(CN2CCSCC2)c1. The van der Waals surface area contributed by atoms with Gasteiger partial charge in [-0.15, -0.1) is 0 Å². The molecule has 0 bridgehead atoms. The molecule has 2 heterocycles. The van der Waals surface area contributed by atoms with Crippen molar-refractivity contribution in [3.05, 3.63) is 64.7 Å². The zero-order valence-electron chi connectivity index (χ0n) is 18.1. The van der Waals surface area contributed by atoms with Crippen LogP contribution in [0.4, 0.5) is 5.69 Å². The van der Waals surface area contributed by atoms with Crippen LogP contribution in [0.3, 0.4) is 0 Å². The largest absolute Gasteiger partial charge is 0.336 e. The van der Waals surface area contributed by atoms with Crippen LogP contribution < -0.4 is 5.32 Å². The van der Waals surface area contributed by atoms with Gasteiger partial charge in [0.2, 0.25) is 5.91 Å². The zero-order chi connectivity index (χ0) is 22.3. The van der Waals surface area contributed by atoms with E-state index in [0.717, 1.165) is 25.3 Å². The standard InChI is InChI=1S/C24H29ClN4O2S/c25-21-6-4-20(5-7-21)24(31)29-10-8-27(9-11-29)18-23(30)26-22-3-1-2-19(16-22)17-28-12-14-32-15-13-28/h1-7,16H,8-15,17-18H2,(H,26,30). The van der Waals surface area contributed by atoms with Crippen molar-refractivity contribution in [1.82, 2.24) is 14.7 Å². The highest BCUT2D eigenvalue weighted by Crippen LogP contribution is 2.17. The van der Waals surface area contributed by atoms with Crippen LogP contribution in [0, 0.1) is 0 Å². The van der Waals surface area contributed by atoms with Gasteiger partial charge < -0.3 is 10.2 Å². The summed E-state index contributed by atoms with van der Waals surface area (Å²) in [4.78, 5) is 31.6. The van der Waals surface area contributed by atoms with Gasteiger partial charge in [-0.2, -0.15) is 11.8 Å². The van der Waals surface area contributed by atoms with Crippen LogP contribution in [-0.2, 0) is 11.3 Å². The average molecular weight is 473 g/mol. The van der Waals surface area contributed by atoms with E-state index in [0.29, 0.717) is 43.3 Å². The number of anilines is 1. The molecule has 2 fully saturated rings. The lowest BCUT2D eigenvalue weighted by Gasteiger charge is -2.34. The van der Waals surface area contributed by atoms with Crippen molar-refractivity contribution >= 4 is 40.9 Å². The van der Waals surface area contributed by atoms with Gasteiger partial charge in [0.15, 0.2) is 0 Å². The Hall–Kier alpha value is -2.06. The summed E-state index contributed by atoms with van der Waals surface area (Å²) >= 11 is 7.92. The highest BCUT2D eigenvalue weighted by Gasteiger charge is 2.23. The topological polar surface area (TPSA) is 55.9 Å². The van der Waals surface area contributed by atoms with E-state index in [-0.39, 0.29) is 11.8 Å². The second-order valence-corrected chi connectivity index (χ2v) is 9.87. The maximum absolute atomic E-state index is 12.6. The fourth-order valence-electron chi connectivity index (χ4n) is 4.05. The van der Waals surface area contributed by atoms with Crippen LogP contribution in [-0.4, -0.2) is 83.8 Å². The van der Waals surface area contributed by atoms with Gasteiger partial charge in [0.25, 0.3) is 5.91 Å². The van der Waals surface area contributed by atoms with Gasteiger partial charge in [0, 0.05) is 73.6 Å². The van der Waals surface area contributed by atoms with Crippen molar-refractivity contribution in [2.75, 3.05) is 62.6 Å². The predicted molar refractivity (Wildman–Crippen MR) is 131 cm³/mol. The minimum atomic E-state index is -0.0194. The van der Waals surface area contributed by atoms with E-state index in [1.54, 1.807) is 24.3 Å². The Morgan fingerprint density at radius 1 is 0.906 bits per heavy atom. The van der Waals surface area contributed by atoms with Gasteiger partial charge in [0.05, 0.1) is 6.54 Å². The molecule has 2 aromatic carbocycles. The molecule has 0 spiro atoms. The molecule has 8 heteroatoms. The Morgan fingerprint density at radius 2 is 1.62 bits per heavy atom. The summed E-state index contributed by atoms with van der Waals surface area (Å²) in [6.45, 7) is 6.07. The first-order chi connectivity index (χ1) is 15.6. The summed E-state index contributed by atoms with van der Waals surface area (Å²) < 4.78 is 0. The van der Waals surface area contributed by atoms with Gasteiger partial charge in [-0.1, -0.05) is 23.7 Å². The maximum atomic E-state index is 12.6. The molecule has 2 saturated heterocycles. The van der Waals surface area contributed by atoms with E-state index in [1.165, 1.54) is 17.1 Å². The Kier molecular flexibility index (Phi) is 8.08. The van der Waals surface area contributed by atoms with E-state index < -0.39 is 0 Å². The normalized spacial score (nSPS) is 17.8. The molecule has 2 aliphatic rings. The monoisotopic (exact) mass is 472 g/mol. The molecular weight excluding hydrogens is 444 g/mol. The van der Waals surface area contributed by atoms with Gasteiger partial charge in [-0.05, 0) is 42.0 Å². The minimum absolute atomic E-state index is 0.00915. The minimum Gasteiger partial charge on any atom is -0.336 e. The Balaban J connectivity index is 1.23. The Labute approximate surface area is 198 Å². The summed E-state index contributed by atoms with van der Waals surface area (Å²) in [5.41, 5.74) is 2.71. The van der Waals surface area contributed by atoms with E-state index in [4.69, 9.17) is 11.6 Å². The number of hydrogen-bond acceptors (Lipinski definition) is 5. The number of thioether (sulfide) groups is 1. The van der Waals surface area contributed by atoms with E-state index in [2.05, 4.69) is 27.2 Å². The molecular formula is C24H29ClN4O2S. The van der Waals surface area contributed by atoms with Crippen LogP contribution in [0.1, 0.15) is 15.9 Å². The number of nitrogens with zero attached hydrogens (tertiary/aromatic N) is 3. The molecule has 0 unspecified atom stereocenters. The molecule has 2 amide bonds. The second-order valence-electron chi connectivity index (χ2n) is 8.21. The van der Waals surface area contributed by atoms with Crippen molar-refractivity contribution in [2.45, 2.75) is 6.54 Å². The number of amides is 2. The first kappa shape index (κ1) is 23.1. The molecule has 2 aliphatic heterocycles. The molecule has 1 N–H and O–H groups in total. The third-order valence-electron chi connectivity index (χ3n) is 5.84. The molecule has 170 valence electrons. The lowest BCUT2D eigenvalue weighted by atomic mass is 10.1. The van der Waals surface area contributed by atoms with Crippen LogP contribution in [0.5, 0.6) is 0 Å². The number of nitrogens with one attached hydrogen (secondary N) is 1. The van der Waals surface area contributed by atoms with Gasteiger partial charge >= 0.3 is 0 Å². The molecule has 0 atom stereocenters. The number of hydrogen-bond donors (Lipinski definition) is 1. The van der Waals surface area contributed by atoms with Crippen molar-refractivity contribution < 1.29 is 9.59 Å². The molecule has 4 rings (SSSR count). The second kappa shape index (κ2) is 11.2. The third-order valence-corrected chi connectivity index (χ3v) is 7.03. The summed E-state index contributed by atoms with van der Waals surface area (Å²) in [6.07, 6.45) is 0. The number of benzene rings is 2. The van der Waals surface area contributed by atoms with Gasteiger partial charge in [-0.25, -0.2) is 0 Å². The van der Waals surface area contributed by atoms with Crippen LogP contribution >= 0.6 is 23.4 Å². The molecule has 0 saturated carbocycles. The van der Waals surface area contributed by atoms with Crippen molar-refractivity contribution in [3.8, 4) is 0 Å². The first-order valence-electron chi connectivity index (χ1n) is 11.0. The smallest absolute Gasteiger partial charge is 0.253 e. The van der Waals surface area contributed by atoms with E-state index >= 15 is 0 Å². The average Bonchev–Trinajstić information content (AvgIpc) is 2.80. The summed E-state index contributed by atoms with van der Waals surface area (Å²) in [5, 5.41) is 3.65. The number of halogens is 1. The predicted octanol–water partition coefficient (Wildman–Crippen LogP) is 3.29. The number of carbonyl (C=O) groups is 2. The maximum Gasteiger partial charge on any atom is 0.253 e. The van der Waals surface area contributed by atoms with E-state index in [9.17, 15) is 9.59 Å². The van der Waals surface area contributed by atoms with Gasteiger partial charge in [0.1, 0.15) is 0 Å². The number of rotatable bonds is 6. The number of piperazine rings is 1.